The van der Waals surface area contributed by atoms with Crippen LogP contribution in [-0.2, 0) is 9.53 Å². The van der Waals surface area contributed by atoms with Crippen molar-refractivity contribution in [2.45, 2.75) is 19.4 Å². The topological polar surface area (TPSA) is 53.6 Å². The molecule has 0 aromatic heterocycles. The molecule has 5 nitrogen and oxygen atoms in total. The van der Waals surface area contributed by atoms with Gasteiger partial charge in [-0.2, -0.15) is 0 Å². The Balaban J connectivity index is 3.61. The number of nitrogens with zero attached hydrogens (tertiary/aromatic N) is 1. The highest BCUT2D eigenvalue weighted by atomic mass is 16.5. The molecule has 1 atom stereocenters. The Kier molecular flexibility index (Phi) is 9.18. The number of hydrogen-bond donors (Lipinski definition) is 2. The quantitative estimate of drug-likeness (QED) is 0.534. The number of rotatable bonds is 9. The predicted octanol–water partition coefficient (Wildman–Crippen LogP) is -0.321. The van der Waals surface area contributed by atoms with Crippen LogP contribution in [0.4, 0.5) is 0 Å². The van der Waals surface area contributed by atoms with Crippen molar-refractivity contribution in [3.05, 3.63) is 0 Å². The summed E-state index contributed by atoms with van der Waals surface area (Å²) < 4.78 is 4.95. The third kappa shape index (κ3) is 8.64. The average Bonchev–Trinajstić information content (AvgIpc) is 2.17. The Morgan fingerprint density at radius 1 is 1.50 bits per heavy atom. The van der Waals surface area contributed by atoms with Crippen molar-refractivity contribution in [3.63, 3.8) is 0 Å². The molecule has 0 heterocycles. The smallest absolute Gasteiger partial charge is 0.234 e. The number of methoxy groups -OCH3 is 1. The van der Waals surface area contributed by atoms with Crippen molar-refractivity contribution in [3.8, 4) is 0 Å². The molecule has 2 N–H and O–H groups in total. The molecule has 0 radical (unpaired) electrons. The van der Waals surface area contributed by atoms with E-state index < -0.39 is 0 Å². The Hall–Kier alpha value is -0.650. The van der Waals surface area contributed by atoms with E-state index in [0.717, 1.165) is 19.5 Å². The lowest BCUT2D eigenvalue weighted by Crippen LogP contribution is -2.41. The van der Waals surface area contributed by atoms with E-state index in [1.165, 1.54) is 0 Å². The van der Waals surface area contributed by atoms with Gasteiger partial charge in [0, 0.05) is 13.2 Å². The van der Waals surface area contributed by atoms with Crippen LogP contribution in [0.3, 0.4) is 0 Å². The summed E-state index contributed by atoms with van der Waals surface area (Å²) in [6.07, 6.45) is 1.05. The molecule has 0 aliphatic rings. The van der Waals surface area contributed by atoms with Gasteiger partial charge in [-0.3, -0.25) is 9.69 Å². The molecule has 5 heteroatoms. The molecule has 0 saturated carbocycles. The van der Waals surface area contributed by atoms with E-state index in [1.54, 1.807) is 7.11 Å². The van der Waals surface area contributed by atoms with Gasteiger partial charge < -0.3 is 15.4 Å². The summed E-state index contributed by atoms with van der Waals surface area (Å²) in [6, 6.07) is 0.0724. The Labute approximate surface area is 98.5 Å². The van der Waals surface area contributed by atoms with Crippen molar-refractivity contribution in [1.82, 2.24) is 15.5 Å². The fraction of sp³-hybridized carbons (Fsp3) is 0.909. The SMILES string of the molecule is CNCCCN(C)CC(=O)NC(C)COC. The maximum absolute atomic E-state index is 11.5. The molecule has 0 rings (SSSR count). The largest absolute Gasteiger partial charge is 0.383 e. The summed E-state index contributed by atoms with van der Waals surface area (Å²) in [7, 11) is 5.52. The number of hydrogen-bond acceptors (Lipinski definition) is 4. The average molecular weight is 231 g/mol. The second-order valence-corrected chi connectivity index (χ2v) is 4.12. The molecule has 0 aliphatic heterocycles. The summed E-state index contributed by atoms with van der Waals surface area (Å²) in [4.78, 5) is 13.6. The minimum Gasteiger partial charge on any atom is -0.383 e. The van der Waals surface area contributed by atoms with Crippen molar-refractivity contribution in [1.29, 1.82) is 0 Å². The maximum atomic E-state index is 11.5. The number of amides is 1. The van der Waals surface area contributed by atoms with Crippen LogP contribution < -0.4 is 10.6 Å². The summed E-state index contributed by atoms with van der Waals surface area (Å²) in [5.74, 6) is 0.0523. The van der Waals surface area contributed by atoms with Gasteiger partial charge in [0.05, 0.1) is 13.2 Å². The highest BCUT2D eigenvalue weighted by Crippen LogP contribution is 1.88. The molecular formula is C11H25N3O2. The van der Waals surface area contributed by atoms with E-state index in [1.807, 2.05) is 25.9 Å². The van der Waals surface area contributed by atoms with Crippen molar-refractivity contribution in [2.75, 3.05) is 47.4 Å². The minimum absolute atomic E-state index is 0.0523. The molecule has 16 heavy (non-hydrogen) atoms. The number of nitrogens with one attached hydrogen (secondary N) is 2. The Morgan fingerprint density at radius 2 is 2.19 bits per heavy atom. The van der Waals surface area contributed by atoms with Crippen LogP contribution in [0.15, 0.2) is 0 Å². The summed E-state index contributed by atoms with van der Waals surface area (Å²) >= 11 is 0. The molecule has 96 valence electrons. The van der Waals surface area contributed by atoms with Gasteiger partial charge >= 0.3 is 0 Å². The molecule has 0 bridgehead atoms. The number of ether oxygens (including phenoxy) is 1. The molecular weight excluding hydrogens is 206 g/mol. The van der Waals surface area contributed by atoms with Gasteiger partial charge in [0.25, 0.3) is 0 Å². The van der Waals surface area contributed by atoms with E-state index in [2.05, 4.69) is 10.6 Å². The number of carbonyl (C=O) groups is 1. The van der Waals surface area contributed by atoms with Gasteiger partial charge in [0.1, 0.15) is 0 Å². The molecule has 0 spiro atoms. The van der Waals surface area contributed by atoms with Crippen LogP contribution in [0.5, 0.6) is 0 Å². The molecule has 1 amide bonds. The highest BCUT2D eigenvalue weighted by Gasteiger charge is 2.09. The third-order valence-electron chi connectivity index (χ3n) is 2.20. The fourth-order valence-corrected chi connectivity index (χ4v) is 1.46. The second kappa shape index (κ2) is 9.57. The Morgan fingerprint density at radius 3 is 2.75 bits per heavy atom. The standard InChI is InChI=1S/C11H25N3O2/c1-10(9-16-4)13-11(15)8-14(3)7-5-6-12-2/h10,12H,5-9H2,1-4H3,(H,13,15). The zero-order chi connectivity index (χ0) is 12.4. The molecule has 0 aliphatic carbocycles. The minimum atomic E-state index is 0.0523. The first-order valence-electron chi connectivity index (χ1n) is 5.71. The van der Waals surface area contributed by atoms with E-state index in [0.29, 0.717) is 13.2 Å². The van der Waals surface area contributed by atoms with Crippen molar-refractivity contribution < 1.29 is 9.53 Å². The molecule has 0 saturated heterocycles. The van der Waals surface area contributed by atoms with Gasteiger partial charge in [-0.15, -0.1) is 0 Å². The first kappa shape index (κ1) is 15.3. The monoisotopic (exact) mass is 231 g/mol. The third-order valence-corrected chi connectivity index (χ3v) is 2.20. The number of carbonyl (C=O) groups excluding carboxylic acids is 1. The van der Waals surface area contributed by atoms with Crippen molar-refractivity contribution in [2.24, 2.45) is 0 Å². The predicted molar refractivity (Wildman–Crippen MR) is 65.5 cm³/mol. The van der Waals surface area contributed by atoms with E-state index in [-0.39, 0.29) is 11.9 Å². The van der Waals surface area contributed by atoms with E-state index in [4.69, 9.17) is 4.74 Å². The Bertz CT molecular complexity index is 188. The van der Waals surface area contributed by atoms with E-state index >= 15 is 0 Å². The van der Waals surface area contributed by atoms with Crippen LogP contribution in [0, 0.1) is 0 Å². The van der Waals surface area contributed by atoms with Gasteiger partial charge in [-0.05, 0) is 40.5 Å². The first-order chi connectivity index (χ1) is 7.60. The lowest BCUT2D eigenvalue weighted by molar-refractivity contribution is -0.122. The van der Waals surface area contributed by atoms with Crippen LogP contribution in [0.1, 0.15) is 13.3 Å². The van der Waals surface area contributed by atoms with E-state index in [9.17, 15) is 4.79 Å². The summed E-state index contributed by atoms with van der Waals surface area (Å²) in [5, 5.41) is 5.96. The van der Waals surface area contributed by atoms with Gasteiger partial charge in [0.15, 0.2) is 0 Å². The van der Waals surface area contributed by atoms with Crippen LogP contribution in [0.2, 0.25) is 0 Å². The van der Waals surface area contributed by atoms with Crippen LogP contribution in [0.25, 0.3) is 0 Å². The summed E-state index contributed by atoms with van der Waals surface area (Å²) in [5.41, 5.74) is 0. The zero-order valence-corrected chi connectivity index (χ0v) is 10.9. The summed E-state index contributed by atoms with van der Waals surface area (Å²) in [6.45, 7) is 4.83. The molecule has 0 aromatic carbocycles. The van der Waals surface area contributed by atoms with Crippen LogP contribution >= 0.6 is 0 Å². The first-order valence-corrected chi connectivity index (χ1v) is 5.71. The number of likely N-dealkylation sites (N-methyl/N-ethyl adjacent to an activating group) is 1. The van der Waals surface area contributed by atoms with Crippen molar-refractivity contribution >= 4 is 5.91 Å². The molecule has 0 fully saturated rings. The van der Waals surface area contributed by atoms with Gasteiger partial charge in [0.2, 0.25) is 5.91 Å². The van der Waals surface area contributed by atoms with Crippen LogP contribution in [-0.4, -0.2) is 64.3 Å². The normalized spacial score (nSPS) is 12.8. The molecule has 0 aromatic rings. The molecule has 1 unspecified atom stereocenters. The fourth-order valence-electron chi connectivity index (χ4n) is 1.46. The lowest BCUT2D eigenvalue weighted by Gasteiger charge is -2.18. The maximum Gasteiger partial charge on any atom is 0.234 e. The zero-order valence-electron chi connectivity index (χ0n) is 10.9. The van der Waals surface area contributed by atoms with Gasteiger partial charge in [-0.1, -0.05) is 0 Å². The second-order valence-electron chi connectivity index (χ2n) is 4.12. The lowest BCUT2D eigenvalue weighted by atomic mass is 10.3. The highest BCUT2D eigenvalue weighted by molar-refractivity contribution is 5.78. The van der Waals surface area contributed by atoms with Gasteiger partial charge in [-0.25, -0.2) is 0 Å².